The monoisotopic (exact) mass is 386 g/mol. The molecule has 140 valence electrons. The van der Waals surface area contributed by atoms with Crippen LogP contribution in [-0.2, 0) is 14.8 Å². The maximum Gasteiger partial charge on any atom is 0.241 e. The number of tetrazole rings is 1. The molecule has 0 saturated heterocycles. The van der Waals surface area contributed by atoms with Gasteiger partial charge in [0.25, 0.3) is 0 Å². The van der Waals surface area contributed by atoms with Crippen LogP contribution in [0.4, 0.5) is 5.69 Å². The highest BCUT2D eigenvalue weighted by Gasteiger charge is 2.18. The van der Waals surface area contributed by atoms with Crippen LogP contribution in [-0.4, -0.2) is 41.1 Å². The van der Waals surface area contributed by atoms with E-state index in [-0.39, 0.29) is 11.4 Å². The molecule has 1 amide bonds. The van der Waals surface area contributed by atoms with Crippen LogP contribution < -0.4 is 10.0 Å². The van der Waals surface area contributed by atoms with Crippen LogP contribution >= 0.6 is 0 Å². The summed E-state index contributed by atoms with van der Waals surface area (Å²) in [5.74, 6) is -0.488. The summed E-state index contributed by atoms with van der Waals surface area (Å²) in [6.07, 6.45) is 1.43. The predicted molar refractivity (Wildman–Crippen MR) is 98.9 cm³/mol. The Bertz CT molecular complexity index is 1060. The van der Waals surface area contributed by atoms with Gasteiger partial charge in [-0.3, -0.25) is 4.79 Å². The molecule has 0 bridgehead atoms. The van der Waals surface area contributed by atoms with E-state index in [1.54, 1.807) is 43.3 Å². The number of carbonyl (C=O) groups excluding carboxylic acids is 1. The summed E-state index contributed by atoms with van der Waals surface area (Å²) in [6, 6.07) is 12.0. The van der Waals surface area contributed by atoms with Crippen LogP contribution in [0.2, 0.25) is 0 Å². The minimum Gasteiger partial charge on any atom is -0.325 e. The molecule has 10 heteroatoms. The van der Waals surface area contributed by atoms with E-state index in [1.165, 1.54) is 11.0 Å². The first-order chi connectivity index (χ1) is 12.8. The van der Waals surface area contributed by atoms with E-state index in [0.717, 1.165) is 5.56 Å². The number of aryl methyl sites for hydroxylation is 2. The molecule has 0 atom stereocenters. The second-order valence-corrected chi connectivity index (χ2v) is 7.68. The molecule has 3 aromatic rings. The number of aromatic nitrogens is 4. The lowest BCUT2D eigenvalue weighted by Gasteiger charge is -2.11. The Labute approximate surface area is 156 Å². The average Bonchev–Trinajstić information content (AvgIpc) is 3.17. The van der Waals surface area contributed by atoms with Gasteiger partial charge in [0.05, 0.1) is 17.1 Å². The minimum atomic E-state index is -3.79. The predicted octanol–water partition coefficient (Wildman–Crippen LogP) is 1.20. The number of hydrogen-bond donors (Lipinski definition) is 2. The molecule has 0 aliphatic heterocycles. The molecule has 1 heterocycles. The van der Waals surface area contributed by atoms with Crippen molar-refractivity contribution in [1.82, 2.24) is 24.9 Å². The number of sulfonamides is 1. The van der Waals surface area contributed by atoms with Crippen LogP contribution in [0.25, 0.3) is 5.69 Å². The smallest absolute Gasteiger partial charge is 0.241 e. The van der Waals surface area contributed by atoms with E-state index < -0.39 is 15.9 Å². The third-order valence-corrected chi connectivity index (χ3v) is 5.34. The Morgan fingerprint density at radius 2 is 1.96 bits per heavy atom. The summed E-state index contributed by atoms with van der Waals surface area (Å²) in [4.78, 5) is 12.3. The Hall–Kier alpha value is -3.11. The number of hydrogen-bond acceptors (Lipinski definition) is 6. The Kier molecular flexibility index (Phi) is 5.28. The zero-order valence-electron chi connectivity index (χ0n) is 14.7. The van der Waals surface area contributed by atoms with Crippen molar-refractivity contribution in [1.29, 1.82) is 0 Å². The summed E-state index contributed by atoms with van der Waals surface area (Å²) in [6.45, 7) is 3.13. The summed E-state index contributed by atoms with van der Waals surface area (Å²) >= 11 is 0. The van der Waals surface area contributed by atoms with E-state index in [0.29, 0.717) is 16.9 Å². The van der Waals surface area contributed by atoms with Crippen molar-refractivity contribution in [2.75, 3.05) is 11.9 Å². The summed E-state index contributed by atoms with van der Waals surface area (Å²) in [5.41, 5.74) is 2.60. The molecular weight excluding hydrogens is 368 g/mol. The SMILES string of the molecule is Cc1ccc(C)c(S(=O)(=O)NCC(=O)Nc2cccc(-n3cnnn3)c2)c1. The van der Waals surface area contributed by atoms with E-state index in [9.17, 15) is 13.2 Å². The van der Waals surface area contributed by atoms with Gasteiger partial charge in [0.2, 0.25) is 15.9 Å². The van der Waals surface area contributed by atoms with E-state index in [1.807, 2.05) is 13.0 Å². The van der Waals surface area contributed by atoms with Crippen LogP contribution in [0.15, 0.2) is 53.7 Å². The van der Waals surface area contributed by atoms with Crippen LogP contribution in [0.1, 0.15) is 11.1 Å². The topological polar surface area (TPSA) is 119 Å². The highest BCUT2D eigenvalue weighted by atomic mass is 32.2. The third kappa shape index (κ3) is 4.54. The van der Waals surface area contributed by atoms with Gasteiger partial charge in [-0.2, -0.15) is 0 Å². The molecule has 0 fully saturated rings. The van der Waals surface area contributed by atoms with Gasteiger partial charge in [0.15, 0.2) is 0 Å². The summed E-state index contributed by atoms with van der Waals surface area (Å²) in [7, 11) is -3.79. The molecule has 0 saturated carbocycles. The van der Waals surface area contributed by atoms with Crippen molar-refractivity contribution in [3.63, 3.8) is 0 Å². The maximum atomic E-state index is 12.5. The quantitative estimate of drug-likeness (QED) is 0.657. The first kappa shape index (κ1) is 18.7. The largest absolute Gasteiger partial charge is 0.325 e. The van der Waals surface area contributed by atoms with Crippen molar-refractivity contribution in [3.8, 4) is 5.69 Å². The number of carbonyl (C=O) groups is 1. The molecule has 1 aromatic heterocycles. The van der Waals surface area contributed by atoms with Gasteiger partial charge < -0.3 is 5.32 Å². The van der Waals surface area contributed by atoms with Gasteiger partial charge in [0.1, 0.15) is 6.33 Å². The van der Waals surface area contributed by atoms with Gasteiger partial charge in [-0.15, -0.1) is 5.10 Å². The molecule has 0 aliphatic carbocycles. The van der Waals surface area contributed by atoms with Crippen LogP contribution in [0, 0.1) is 13.8 Å². The number of rotatable bonds is 6. The highest BCUT2D eigenvalue weighted by Crippen LogP contribution is 2.17. The Morgan fingerprint density at radius 3 is 2.70 bits per heavy atom. The second-order valence-electron chi connectivity index (χ2n) is 5.95. The van der Waals surface area contributed by atoms with Gasteiger partial charge in [-0.25, -0.2) is 17.8 Å². The van der Waals surface area contributed by atoms with Crippen molar-refractivity contribution in [2.45, 2.75) is 18.7 Å². The molecule has 2 aromatic carbocycles. The number of nitrogens with zero attached hydrogens (tertiary/aromatic N) is 4. The lowest BCUT2D eigenvalue weighted by molar-refractivity contribution is -0.115. The maximum absolute atomic E-state index is 12.5. The molecule has 27 heavy (non-hydrogen) atoms. The number of anilines is 1. The van der Waals surface area contributed by atoms with E-state index in [2.05, 4.69) is 25.6 Å². The minimum absolute atomic E-state index is 0.163. The molecule has 0 radical (unpaired) electrons. The third-order valence-electron chi connectivity index (χ3n) is 3.80. The first-order valence-corrected chi connectivity index (χ1v) is 9.54. The highest BCUT2D eigenvalue weighted by molar-refractivity contribution is 7.89. The van der Waals surface area contributed by atoms with E-state index >= 15 is 0 Å². The zero-order chi connectivity index (χ0) is 19.4. The molecule has 0 aliphatic rings. The lowest BCUT2D eigenvalue weighted by Crippen LogP contribution is -2.33. The van der Waals surface area contributed by atoms with Gasteiger partial charge in [0, 0.05) is 5.69 Å². The number of nitrogens with one attached hydrogen (secondary N) is 2. The average molecular weight is 386 g/mol. The van der Waals surface area contributed by atoms with Crippen molar-refractivity contribution in [2.24, 2.45) is 0 Å². The molecule has 0 spiro atoms. The molecule has 9 nitrogen and oxygen atoms in total. The van der Waals surface area contributed by atoms with Crippen LogP contribution in [0.5, 0.6) is 0 Å². The first-order valence-electron chi connectivity index (χ1n) is 8.05. The van der Waals surface area contributed by atoms with E-state index in [4.69, 9.17) is 0 Å². The molecule has 3 rings (SSSR count). The second kappa shape index (κ2) is 7.64. The number of amides is 1. The molecule has 2 N–H and O–H groups in total. The van der Waals surface area contributed by atoms with Gasteiger partial charge >= 0.3 is 0 Å². The zero-order valence-corrected chi connectivity index (χ0v) is 15.6. The fraction of sp³-hybridized carbons (Fsp3) is 0.176. The summed E-state index contributed by atoms with van der Waals surface area (Å²) < 4.78 is 28.7. The number of benzene rings is 2. The van der Waals surface area contributed by atoms with Crippen molar-refractivity contribution >= 4 is 21.6 Å². The molecule has 0 unspecified atom stereocenters. The Morgan fingerprint density at radius 1 is 1.15 bits per heavy atom. The summed E-state index contributed by atoms with van der Waals surface area (Å²) in [5, 5.41) is 13.5. The van der Waals surface area contributed by atoms with Crippen LogP contribution in [0.3, 0.4) is 0 Å². The van der Waals surface area contributed by atoms with Crippen molar-refractivity contribution < 1.29 is 13.2 Å². The van der Waals surface area contributed by atoms with Gasteiger partial charge in [-0.05, 0) is 59.7 Å². The lowest BCUT2D eigenvalue weighted by atomic mass is 10.2. The fourth-order valence-corrected chi connectivity index (χ4v) is 3.76. The normalized spacial score (nSPS) is 11.3. The standard InChI is InChI=1S/C17H18N6O3S/c1-12-6-7-13(2)16(8-12)27(25,26)19-10-17(24)20-14-4-3-5-15(9-14)23-11-18-21-22-23/h3-9,11,19H,10H2,1-2H3,(H,20,24). The van der Waals surface area contributed by atoms with Crippen molar-refractivity contribution in [3.05, 3.63) is 59.9 Å². The Balaban J connectivity index is 1.66. The fourth-order valence-electron chi connectivity index (χ4n) is 2.45. The molecular formula is C17H18N6O3S. The van der Waals surface area contributed by atoms with Gasteiger partial charge in [-0.1, -0.05) is 18.2 Å².